The molecule has 4 rings (SSSR count). The zero-order valence-electron chi connectivity index (χ0n) is 17.1. The summed E-state index contributed by atoms with van der Waals surface area (Å²) in [7, 11) is -3.59. The smallest absolute Gasteiger partial charge is 0.263 e. The summed E-state index contributed by atoms with van der Waals surface area (Å²) in [4.78, 5) is 35.2. The Morgan fingerprint density at radius 2 is 1.94 bits per heavy atom. The minimum atomic E-state index is -3.59. The van der Waals surface area contributed by atoms with E-state index in [-0.39, 0.29) is 41.4 Å². The van der Waals surface area contributed by atoms with Crippen molar-refractivity contribution in [3.8, 4) is 0 Å². The normalized spacial score (nSPS) is 18.8. The van der Waals surface area contributed by atoms with Gasteiger partial charge in [-0.3, -0.25) is 19.3 Å². The highest BCUT2D eigenvalue weighted by molar-refractivity contribution is 7.90. The van der Waals surface area contributed by atoms with Crippen LogP contribution < -0.4 is 10.0 Å². The summed E-state index contributed by atoms with van der Waals surface area (Å²) in [5.41, 5.74) is 0.516. The predicted octanol–water partition coefficient (Wildman–Crippen LogP) is 2.04. The number of carbonyl (C=O) groups excluding carboxylic acids is 2. The molecule has 1 fully saturated rings. The van der Waals surface area contributed by atoms with Crippen LogP contribution in [0.3, 0.4) is 0 Å². The number of aromatic nitrogens is 1. The first-order valence-corrected chi connectivity index (χ1v) is 12.1. The van der Waals surface area contributed by atoms with Crippen molar-refractivity contribution in [3.05, 3.63) is 53.2 Å². The van der Waals surface area contributed by atoms with Gasteiger partial charge in [-0.2, -0.15) is 0 Å². The number of likely N-dealkylation sites (tertiary alicyclic amines) is 1. The average molecular weight is 476 g/mol. The molecule has 0 unspecified atom stereocenters. The van der Waals surface area contributed by atoms with Gasteiger partial charge in [0, 0.05) is 37.2 Å². The highest BCUT2D eigenvalue weighted by atomic mass is 35.5. The van der Waals surface area contributed by atoms with Gasteiger partial charge in [0.1, 0.15) is 11.7 Å². The second kappa shape index (κ2) is 9.25. The predicted molar refractivity (Wildman–Crippen MR) is 120 cm³/mol. The summed E-state index contributed by atoms with van der Waals surface area (Å²) < 4.78 is 26.7. The van der Waals surface area contributed by atoms with Crippen molar-refractivity contribution >= 4 is 45.1 Å². The number of pyridine rings is 1. The van der Waals surface area contributed by atoms with E-state index in [1.165, 1.54) is 12.3 Å². The van der Waals surface area contributed by atoms with E-state index < -0.39 is 10.0 Å². The monoisotopic (exact) mass is 475 g/mol. The second-order valence-corrected chi connectivity index (χ2v) is 9.68. The Kier molecular flexibility index (Phi) is 6.43. The summed E-state index contributed by atoms with van der Waals surface area (Å²) in [6.07, 6.45) is 2.76. The van der Waals surface area contributed by atoms with Crippen LogP contribution in [-0.4, -0.2) is 55.6 Å². The minimum absolute atomic E-state index is 0.0679. The molecule has 0 radical (unpaired) electrons. The Morgan fingerprint density at radius 3 is 2.66 bits per heavy atom. The Balaban J connectivity index is 1.26. The molecule has 2 aliphatic rings. The number of amides is 2. The first-order chi connectivity index (χ1) is 15.3. The molecular weight excluding hydrogens is 454 g/mol. The fraction of sp³-hybridized carbons (Fsp3) is 0.333. The van der Waals surface area contributed by atoms with Crippen molar-refractivity contribution in [2.45, 2.75) is 24.2 Å². The van der Waals surface area contributed by atoms with E-state index in [1.54, 1.807) is 35.2 Å². The Bertz CT molecular complexity index is 1160. The number of anilines is 1. The minimum Gasteiger partial charge on any atom is -0.343 e. The summed E-state index contributed by atoms with van der Waals surface area (Å²) >= 11 is 5.80. The number of nitrogens with zero attached hydrogens (tertiary/aromatic N) is 3. The number of nitrogens with one attached hydrogen (secondary N) is 2. The molecule has 3 heterocycles. The summed E-state index contributed by atoms with van der Waals surface area (Å²) in [6, 6.07) is 9.90. The van der Waals surface area contributed by atoms with Gasteiger partial charge in [-0.05, 0) is 37.1 Å². The molecule has 1 saturated heterocycles. The fourth-order valence-corrected chi connectivity index (χ4v) is 5.10. The number of aliphatic imine (C=N–C) groups is 1. The molecule has 11 heteroatoms. The maximum Gasteiger partial charge on any atom is 0.263 e. The van der Waals surface area contributed by atoms with E-state index >= 15 is 0 Å². The molecule has 32 heavy (non-hydrogen) atoms. The largest absolute Gasteiger partial charge is 0.343 e. The maximum atomic E-state index is 12.5. The lowest BCUT2D eigenvalue weighted by molar-refractivity contribution is -0.134. The van der Waals surface area contributed by atoms with Crippen molar-refractivity contribution in [2.75, 3.05) is 25.0 Å². The molecule has 2 amide bonds. The number of piperidine rings is 1. The van der Waals surface area contributed by atoms with Gasteiger partial charge in [0.25, 0.3) is 10.0 Å². The van der Waals surface area contributed by atoms with Crippen LogP contribution in [-0.2, 0) is 19.6 Å². The lowest BCUT2D eigenvalue weighted by Gasteiger charge is -2.31. The van der Waals surface area contributed by atoms with E-state index in [0.29, 0.717) is 42.3 Å². The fourth-order valence-electron chi connectivity index (χ4n) is 3.74. The standard InChI is InChI=1S/C21H22ClN5O4S/c22-15-5-6-18(24-13-15)25-21(29)14-8-11-27(12-9-14)19(28)7-10-23-20-16-3-1-2-4-17(16)32(30,31)26-20/h1-6,13-14H,7-12H2,(H,23,26)(H,24,25,29). The third-order valence-electron chi connectivity index (χ3n) is 5.46. The Hall–Kier alpha value is -2.98. The van der Waals surface area contributed by atoms with Gasteiger partial charge in [-0.25, -0.2) is 13.4 Å². The molecule has 1 aromatic carbocycles. The molecule has 0 saturated carbocycles. The van der Waals surface area contributed by atoms with Crippen molar-refractivity contribution in [3.63, 3.8) is 0 Å². The topological polar surface area (TPSA) is 121 Å². The number of halogens is 1. The summed E-state index contributed by atoms with van der Waals surface area (Å²) in [5.74, 6) is 0.328. The molecule has 2 N–H and O–H groups in total. The van der Waals surface area contributed by atoms with Crippen LogP contribution in [0, 0.1) is 5.92 Å². The molecule has 0 spiro atoms. The first kappa shape index (κ1) is 22.2. The Morgan fingerprint density at radius 1 is 1.19 bits per heavy atom. The molecule has 0 aliphatic carbocycles. The molecule has 168 valence electrons. The maximum absolute atomic E-state index is 12.5. The van der Waals surface area contributed by atoms with E-state index in [4.69, 9.17) is 11.6 Å². The van der Waals surface area contributed by atoms with Crippen LogP contribution in [0.1, 0.15) is 24.8 Å². The van der Waals surface area contributed by atoms with Crippen molar-refractivity contribution in [1.82, 2.24) is 14.6 Å². The number of amidine groups is 1. The number of hydrogen-bond donors (Lipinski definition) is 2. The van der Waals surface area contributed by atoms with Gasteiger partial charge in [0.05, 0.1) is 16.5 Å². The van der Waals surface area contributed by atoms with E-state index in [9.17, 15) is 18.0 Å². The van der Waals surface area contributed by atoms with E-state index in [1.807, 2.05) is 0 Å². The van der Waals surface area contributed by atoms with Gasteiger partial charge in [-0.15, -0.1) is 0 Å². The number of carbonyl (C=O) groups is 2. The van der Waals surface area contributed by atoms with Crippen molar-refractivity contribution in [2.24, 2.45) is 10.9 Å². The Labute approximate surface area is 190 Å². The van der Waals surface area contributed by atoms with Crippen LogP contribution in [0.2, 0.25) is 5.02 Å². The van der Waals surface area contributed by atoms with Gasteiger partial charge in [0.2, 0.25) is 11.8 Å². The zero-order chi connectivity index (χ0) is 22.7. The first-order valence-electron chi connectivity index (χ1n) is 10.2. The number of hydrogen-bond acceptors (Lipinski definition) is 6. The number of benzene rings is 1. The van der Waals surface area contributed by atoms with E-state index in [0.717, 1.165) is 0 Å². The SMILES string of the molecule is O=C(Nc1ccc(Cl)cn1)C1CCN(C(=O)CCN=C2NS(=O)(=O)c3ccccc32)CC1. The highest BCUT2D eigenvalue weighted by Gasteiger charge is 2.30. The summed E-state index contributed by atoms with van der Waals surface area (Å²) in [5, 5.41) is 3.27. The highest BCUT2D eigenvalue weighted by Crippen LogP contribution is 2.23. The van der Waals surface area contributed by atoms with Crippen molar-refractivity contribution in [1.29, 1.82) is 0 Å². The number of rotatable bonds is 5. The molecule has 9 nitrogen and oxygen atoms in total. The molecular formula is C21H22ClN5O4S. The van der Waals surface area contributed by atoms with Gasteiger partial charge in [-0.1, -0.05) is 23.7 Å². The third-order valence-corrected chi connectivity index (χ3v) is 7.08. The number of fused-ring (bicyclic) bond motifs is 1. The second-order valence-electron chi connectivity index (χ2n) is 7.59. The lowest BCUT2D eigenvalue weighted by atomic mass is 9.95. The van der Waals surface area contributed by atoms with Gasteiger partial charge in [0.15, 0.2) is 0 Å². The molecule has 1 aromatic heterocycles. The van der Waals surface area contributed by atoms with Crippen LogP contribution in [0.25, 0.3) is 0 Å². The molecule has 2 aliphatic heterocycles. The van der Waals surface area contributed by atoms with Gasteiger partial charge >= 0.3 is 0 Å². The molecule has 0 bridgehead atoms. The molecule has 0 atom stereocenters. The van der Waals surface area contributed by atoms with E-state index in [2.05, 4.69) is 20.0 Å². The summed E-state index contributed by atoms with van der Waals surface area (Å²) in [6.45, 7) is 1.14. The lowest BCUT2D eigenvalue weighted by Crippen LogP contribution is -2.41. The van der Waals surface area contributed by atoms with Crippen LogP contribution in [0.15, 0.2) is 52.5 Å². The van der Waals surface area contributed by atoms with Crippen LogP contribution in [0.4, 0.5) is 5.82 Å². The third kappa shape index (κ3) is 4.91. The van der Waals surface area contributed by atoms with Gasteiger partial charge < -0.3 is 10.2 Å². The van der Waals surface area contributed by atoms with Crippen LogP contribution in [0.5, 0.6) is 0 Å². The molecule has 2 aromatic rings. The van der Waals surface area contributed by atoms with Crippen LogP contribution >= 0.6 is 11.6 Å². The number of sulfonamides is 1. The average Bonchev–Trinajstić information content (AvgIpc) is 3.05. The zero-order valence-corrected chi connectivity index (χ0v) is 18.7. The van der Waals surface area contributed by atoms with Crippen molar-refractivity contribution < 1.29 is 18.0 Å². The quantitative estimate of drug-likeness (QED) is 0.685.